The van der Waals surface area contributed by atoms with E-state index in [1.54, 1.807) is 11.0 Å². The van der Waals surface area contributed by atoms with Crippen LogP contribution in [-0.2, 0) is 7.05 Å². The zero-order valence-electron chi connectivity index (χ0n) is 14.0. The van der Waals surface area contributed by atoms with Crippen LogP contribution >= 0.6 is 0 Å². The van der Waals surface area contributed by atoms with E-state index < -0.39 is 0 Å². The Kier molecular flexibility index (Phi) is 3.76. The third-order valence-electron chi connectivity index (χ3n) is 4.58. The summed E-state index contributed by atoms with van der Waals surface area (Å²) in [6.07, 6.45) is 6.47. The summed E-state index contributed by atoms with van der Waals surface area (Å²) in [5.74, 6) is 2.52. The maximum atomic E-state index is 4.50. The van der Waals surface area contributed by atoms with E-state index in [0.717, 1.165) is 48.7 Å². The van der Waals surface area contributed by atoms with Crippen LogP contribution < -0.4 is 10.2 Å². The second-order valence-electron chi connectivity index (χ2n) is 6.40. The largest absolute Gasteiger partial charge is 0.370 e. The Hall–Kier alpha value is -2.70. The molecule has 3 aromatic heterocycles. The number of hydrogen-bond acceptors (Lipinski definition) is 6. The molecule has 24 heavy (non-hydrogen) atoms. The lowest BCUT2D eigenvalue weighted by Crippen LogP contribution is -2.23. The van der Waals surface area contributed by atoms with Crippen LogP contribution in [-0.4, -0.2) is 44.4 Å². The van der Waals surface area contributed by atoms with E-state index in [2.05, 4.69) is 43.3 Å². The van der Waals surface area contributed by atoms with E-state index in [-0.39, 0.29) is 0 Å². The molecule has 0 amide bonds. The van der Waals surface area contributed by atoms with Crippen LogP contribution in [0.5, 0.6) is 0 Å². The van der Waals surface area contributed by atoms with Gasteiger partial charge >= 0.3 is 0 Å². The third kappa shape index (κ3) is 2.77. The van der Waals surface area contributed by atoms with Gasteiger partial charge in [-0.25, -0.2) is 15.0 Å². The maximum absolute atomic E-state index is 4.50. The predicted octanol–water partition coefficient (Wildman–Crippen LogP) is 2.01. The molecular formula is C17H21N7. The van der Waals surface area contributed by atoms with E-state index in [4.69, 9.17) is 0 Å². The topological polar surface area (TPSA) is 71.8 Å². The number of hydrogen-bond donors (Lipinski definition) is 1. The minimum atomic E-state index is 0.578. The van der Waals surface area contributed by atoms with E-state index in [1.165, 1.54) is 5.56 Å². The summed E-state index contributed by atoms with van der Waals surface area (Å²) in [5.41, 5.74) is 2.10. The maximum Gasteiger partial charge on any atom is 0.163 e. The summed E-state index contributed by atoms with van der Waals surface area (Å²) >= 11 is 0. The van der Waals surface area contributed by atoms with Gasteiger partial charge in [0.15, 0.2) is 5.65 Å². The fourth-order valence-corrected chi connectivity index (χ4v) is 3.28. The molecule has 0 saturated carbocycles. The average Bonchev–Trinajstić information content (AvgIpc) is 3.20. The van der Waals surface area contributed by atoms with Crippen molar-refractivity contribution in [1.82, 2.24) is 24.7 Å². The van der Waals surface area contributed by atoms with Crippen molar-refractivity contribution in [2.75, 3.05) is 29.9 Å². The van der Waals surface area contributed by atoms with Crippen molar-refractivity contribution in [2.24, 2.45) is 13.0 Å². The van der Waals surface area contributed by atoms with Crippen LogP contribution in [0, 0.1) is 12.8 Å². The highest BCUT2D eigenvalue weighted by Gasteiger charge is 2.25. The molecule has 7 heteroatoms. The lowest BCUT2D eigenvalue weighted by Gasteiger charge is -2.18. The molecule has 0 unspecified atom stereocenters. The molecule has 0 aromatic carbocycles. The van der Waals surface area contributed by atoms with E-state index in [1.807, 2.05) is 25.5 Å². The highest BCUT2D eigenvalue weighted by molar-refractivity contribution is 5.86. The number of fused-ring (bicyclic) bond motifs is 1. The molecule has 3 aromatic rings. The predicted molar refractivity (Wildman–Crippen MR) is 94.1 cm³/mol. The number of aromatic nitrogens is 5. The van der Waals surface area contributed by atoms with Gasteiger partial charge in [0.25, 0.3) is 0 Å². The Morgan fingerprint density at radius 3 is 3.08 bits per heavy atom. The van der Waals surface area contributed by atoms with Gasteiger partial charge in [-0.2, -0.15) is 5.10 Å². The molecule has 4 rings (SSSR count). The molecule has 1 atom stereocenters. The zero-order chi connectivity index (χ0) is 16.5. The van der Waals surface area contributed by atoms with Gasteiger partial charge in [-0.1, -0.05) is 0 Å². The molecule has 124 valence electrons. The van der Waals surface area contributed by atoms with Crippen LogP contribution in [0.4, 0.5) is 11.6 Å². The second-order valence-corrected chi connectivity index (χ2v) is 6.40. The van der Waals surface area contributed by atoms with Crippen molar-refractivity contribution in [1.29, 1.82) is 0 Å². The lowest BCUT2D eigenvalue weighted by atomic mass is 10.1. The average molecular weight is 323 g/mol. The molecule has 0 spiro atoms. The number of nitrogens with one attached hydrogen (secondary N) is 1. The first kappa shape index (κ1) is 14.9. The molecule has 0 aliphatic carbocycles. The molecule has 1 aliphatic heterocycles. The molecule has 7 nitrogen and oxygen atoms in total. The second kappa shape index (κ2) is 6.07. The van der Waals surface area contributed by atoms with Gasteiger partial charge in [0.05, 0.1) is 11.6 Å². The van der Waals surface area contributed by atoms with Crippen molar-refractivity contribution in [2.45, 2.75) is 13.3 Å². The SMILES string of the molecule is Cc1ccnc(NC[C@@H]2CCN(c3ncnc4c3cnn4C)C2)c1. The number of rotatable bonds is 4. The van der Waals surface area contributed by atoms with Crippen molar-refractivity contribution in [3.05, 3.63) is 36.4 Å². The molecule has 4 heterocycles. The summed E-state index contributed by atoms with van der Waals surface area (Å²) in [6.45, 7) is 5.00. The molecule has 1 N–H and O–H groups in total. The number of aryl methyl sites for hydroxylation is 2. The van der Waals surface area contributed by atoms with Crippen LogP contribution in [0.2, 0.25) is 0 Å². The first-order valence-electron chi connectivity index (χ1n) is 8.25. The van der Waals surface area contributed by atoms with E-state index >= 15 is 0 Å². The monoisotopic (exact) mass is 323 g/mol. The fraction of sp³-hybridized carbons (Fsp3) is 0.412. The molecule has 1 fully saturated rings. The van der Waals surface area contributed by atoms with Crippen molar-refractivity contribution in [3.8, 4) is 0 Å². The first-order chi connectivity index (χ1) is 11.7. The van der Waals surface area contributed by atoms with Crippen molar-refractivity contribution >= 4 is 22.7 Å². The Morgan fingerprint density at radius 1 is 1.29 bits per heavy atom. The van der Waals surface area contributed by atoms with Gasteiger partial charge in [0.1, 0.15) is 18.0 Å². The first-order valence-corrected chi connectivity index (χ1v) is 8.25. The lowest BCUT2D eigenvalue weighted by molar-refractivity contribution is 0.621. The molecule has 1 aliphatic rings. The number of pyridine rings is 1. The van der Waals surface area contributed by atoms with Crippen LogP contribution in [0.25, 0.3) is 11.0 Å². The van der Waals surface area contributed by atoms with Crippen LogP contribution in [0.1, 0.15) is 12.0 Å². The number of nitrogens with zero attached hydrogens (tertiary/aromatic N) is 6. The number of anilines is 2. The molecule has 0 radical (unpaired) electrons. The van der Waals surface area contributed by atoms with Gasteiger partial charge < -0.3 is 10.2 Å². The Morgan fingerprint density at radius 2 is 2.21 bits per heavy atom. The summed E-state index contributed by atoms with van der Waals surface area (Å²) < 4.78 is 1.79. The minimum Gasteiger partial charge on any atom is -0.370 e. The van der Waals surface area contributed by atoms with Gasteiger partial charge in [-0.05, 0) is 37.0 Å². The highest BCUT2D eigenvalue weighted by atomic mass is 15.3. The molecule has 0 bridgehead atoms. The fourth-order valence-electron chi connectivity index (χ4n) is 3.28. The smallest absolute Gasteiger partial charge is 0.163 e. The highest BCUT2D eigenvalue weighted by Crippen LogP contribution is 2.27. The molecular weight excluding hydrogens is 302 g/mol. The Bertz CT molecular complexity index is 857. The normalized spacial score (nSPS) is 17.6. The summed E-state index contributed by atoms with van der Waals surface area (Å²) in [7, 11) is 1.91. The quantitative estimate of drug-likeness (QED) is 0.792. The van der Waals surface area contributed by atoms with Crippen LogP contribution in [0.3, 0.4) is 0 Å². The van der Waals surface area contributed by atoms with Gasteiger partial charge in [-0.15, -0.1) is 0 Å². The van der Waals surface area contributed by atoms with E-state index in [0.29, 0.717) is 5.92 Å². The van der Waals surface area contributed by atoms with Gasteiger partial charge in [0.2, 0.25) is 0 Å². The minimum absolute atomic E-state index is 0.578. The Balaban J connectivity index is 1.44. The summed E-state index contributed by atoms with van der Waals surface area (Å²) in [4.78, 5) is 15.5. The third-order valence-corrected chi connectivity index (χ3v) is 4.58. The van der Waals surface area contributed by atoms with Crippen molar-refractivity contribution < 1.29 is 0 Å². The van der Waals surface area contributed by atoms with E-state index in [9.17, 15) is 0 Å². The van der Waals surface area contributed by atoms with Gasteiger partial charge in [0, 0.05) is 32.9 Å². The summed E-state index contributed by atoms with van der Waals surface area (Å²) in [6, 6.07) is 4.09. The Labute approximate surface area is 140 Å². The zero-order valence-corrected chi connectivity index (χ0v) is 14.0. The van der Waals surface area contributed by atoms with Gasteiger partial charge in [-0.3, -0.25) is 4.68 Å². The van der Waals surface area contributed by atoms with Crippen LogP contribution in [0.15, 0.2) is 30.9 Å². The van der Waals surface area contributed by atoms with Crippen molar-refractivity contribution in [3.63, 3.8) is 0 Å². The molecule has 1 saturated heterocycles. The summed E-state index contributed by atoms with van der Waals surface area (Å²) in [5, 5.41) is 8.77. The standard InChI is InChI=1S/C17H21N7/c1-12-3-5-18-15(7-12)19-8-13-4-6-24(10-13)17-14-9-22-23(2)16(14)20-11-21-17/h3,5,7,9,11,13H,4,6,8,10H2,1-2H3,(H,18,19)/t13-/m0/s1.